The molecule has 37 heavy (non-hydrogen) atoms. The number of allylic oxidation sites excluding steroid dienone is 1. The lowest BCUT2D eigenvalue weighted by Crippen LogP contribution is -2.45. The first-order chi connectivity index (χ1) is 17.5. The zero-order chi connectivity index (χ0) is 27.2. The number of carbonyl (C=O) groups is 1. The molecule has 0 saturated heterocycles. The molecule has 1 aliphatic carbocycles. The number of aliphatic hydroxyl groups is 2. The average Bonchev–Trinajstić information content (AvgIpc) is 3.36. The van der Waals surface area contributed by atoms with Gasteiger partial charge in [0, 0.05) is 28.2 Å². The summed E-state index contributed by atoms with van der Waals surface area (Å²) in [5, 5.41) is 34.9. The molecule has 0 bridgehead atoms. The molecule has 0 amide bonds. The summed E-state index contributed by atoms with van der Waals surface area (Å²) in [7, 11) is 4.19. The van der Waals surface area contributed by atoms with Gasteiger partial charge in [0.2, 0.25) is 18.3 Å². The van der Waals surface area contributed by atoms with Crippen LogP contribution in [0, 0.1) is 5.92 Å². The molecule has 0 fully saturated rings. The van der Waals surface area contributed by atoms with Crippen molar-refractivity contribution >= 4 is 5.97 Å². The molecule has 4 rings (SSSR count). The first-order valence-electron chi connectivity index (χ1n) is 11.8. The van der Waals surface area contributed by atoms with Crippen molar-refractivity contribution in [3.63, 3.8) is 0 Å². The van der Waals surface area contributed by atoms with Gasteiger partial charge in [0.1, 0.15) is 5.60 Å². The van der Waals surface area contributed by atoms with Crippen LogP contribution < -0.4 is 23.7 Å². The Morgan fingerprint density at radius 1 is 1.08 bits per heavy atom. The minimum atomic E-state index is -1.79. The van der Waals surface area contributed by atoms with Crippen molar-refractivity contribution < 1.29 is 48.5 Å². The molecule has 0 spiro atoms. The highest BCUT2D eigenvalue weighted by molar-refractivity contribution is 5.90. The van der Waals surface area contributed by atoms with E-state index in [4.69, 9.17) is 28.4 Å². The fraction of sp³-hybridized carbons (Fsp3) is 0.444. The molecule has 10 nitrogen and oxygen atoms in total. The summed E-state index contributed by atoms with van der Waals surface area (Å²) in [5.74, 6) is -0.945. The maximum atomic E-state index is 13.0. The average molecular weight is 517 g/mol. The van der Waals surface area contributed by atoms with Crippen molar-refractivity contribution in [2.45, 2.75) is 45.5 Å². The van der Waals surface area contributed by atoms with Crippen molar-refractivity contribution in [1.82, 2.24) is 0 Å². The predicted molar refractivity (Wildman–Crippen MR) is 132 cm³/mol. The van der Waals surface area contributed by atoms with Crippen LogP contribution in [0.15, 0.2) is 23.8 Å². The van der Waals surface area contributed by atoms with Crippen LogP contribution in [0.1, 0.15) is 51.0 Å². The first kappa shape index (κ1) is 26.4. The summed E-state index contributed by atoms with van der Waals surface area (Å²) in [6, 6.07) is 3.12. The summed E-state index contributed by atoms with van der Waals surface area (Å²) < 4.78 is 33.8. The summed E-state index contributed by atoms with van der Waals surface area (Å²) >= 11 is 0. The lowest BCUT2D eigenvalue weighted by atomic mass is 9.71. The van der Waals surface area contributed by atoms with E-state index in [9.17, 15) is 20.1 Å². The molecular formula is C27H32O10. The van der Waals surface area contributed by atoms with Crippen LogP contribution in [0.2, 0.25) is 0 Å². The summed E-state index contributed by atoms with van der Waals surface area (Å²) in [6.45, 7) is 6.31. The highest BCUT2D eigenvalue weighted by Crippen LogP contribution is 2.60. The number of aliphatic hydroxyl groups excluding tert-OH is 1. The molecule has 3 N–H and O–H groups in total. The van der Waals surface area contributed by atoms with Gasteiger partial charge in [-0.25, -0.2) is 4.79 Å². The zero-order valence-corrected chi connectivity index (χ0v) is 21.9. The maximum Gasteiger partial charge on any atom is 0.334 e. The predicted octanol–water partition coefficient (Wildman–Crippen LogP) is 3.80. The normalized spacial score (nSPS) is 24.4. The van der Waals surface area contributed by atoms with E-state index in [1.165, 1.54) is 34.3 Å². The minimum absolute atomic E-state index is 0.0254. The molecule has 0 aromatic heterocycles. The van der Waals surface area contributed by atoms with E-state index in [0.717, 1.165) is 0 Å². The molecule has 2 aromatic carbocycles. The van der Waals surface area contributed by atoms with Crippen molar-refractivity contribution in [1.29, 1.82) is 0 Å². The van der Waals surface area contributed by atoms with Crippen molar-refractivity contribution in [3.05, 3.63) is 34.9 Å². The fourth-order valence-electron chi connectivity index (χ4n) is 4.82. The molecule has 1 heterocycles. The quantitative estimate of drug-likeness (QED) is 0.398. The number of fused-ring (bicyclic) bond motifs is 4. The standard InChI is InChI=1S/C27H32O10/c1-8-12(2)26(30)37-25-15-10-17-23(36-11-35-17)24(34-7)19(15)18-14(20(28)13(3)27(25,4)31)9-16(32-5)22(33-6)21(18)29/h8-10,13,20,25,28-29,31H,11H2,1-7H3/t13-,20-,25+,27+/m1/s1. The van der Waals surface area contributed by atoms with E-state index in [1.54, 1.807) is 32.9 Å². The van der Waals surface area contributed by atoms with Crippen LogP contribution in [0.3, 0.4) is 0 Å². The molecule has 4 atom stereocenters. The van der Waals surface area contributed by atoms with Gasteiger partial charge in [0.15, 0.2) is 29.1 Å². The highest BCUT2D eigenvalue weighted by Gasteiger charge is 2.50. The second-order valence-electron chi connectivity index (χ2n) is 9.25. The molecule has 200 valence electrons. The number of carbonyl (C=O) groups excluding carboxylic acids is 1. The van der Waals surface area contributed by atoms with Crippen molar-refractivity contribution in [2.24, 2.45) is 5.92 Å². The van der Waals surface area contributed by atoms with Gasteiger partial charge in [-0.1, -0.05) is 13.0 Å². The molecule has 10 heteroatoms. The van der Waals surface area contributed by atoms with Crippen LogP contribution in [-0.2, 0) is 9.53 Å². The third-order valence-corrected chi connectivity index (χ3v) is 7.29. The Bertz CT molecular complexity index is 1260. The number of phenolic OH excluding ortho intramolecular Hbond substituents is 1. The highest BCUT2D eigenvalue weighted by atomic mass is 16.7. The smallest absolute Gasteiger partial charge is 0.334 e. The number of ether oxygens (including phenoxy) is 6. The van der Waals surface area contributed by atoms with E-state index in [1.807, 2.05) is 0 Å². The molecule has 0 radical (unpaired) electrons. The Labute approximate surface area is 214 Å². The SMILES string of the molecule is CC=C(C)C(=O)O[C@H]1c2cc3c(c(OC)c2-c2c(cc(OC)c(OC)c2O)[C@H](O)[C@@H](C)[C@]1(C)O)OCO3. The monoisotopic (exact) mass is 516 g/mol. The van der Waals surface area contributed by atoms with Crippen molar-refractivity contribution in [3.8, 4) is 45.6 Å². The van der Waals surface area contributed by atoms with Gasteiger partial charge in [-0.05, 0) is 38.5 Å². The van der Waals surface area contributed by atoms with Gasteiger partial charge in [-0.3, -0.25) is 0 Å². The molecular weight excluding hydrogens is 484 g/mol. The zero-order valence-electron chi connectivity index (χ0n) is 21.9. The van der Waals surface area contributed by atoms with Crippen LogP contribution in [-0.4, -0.2) is 55.0 Å². The van der Waals surface area contributed by atoms with Crippen LogP contribution in [0.5, 0.6) is 34.5 Å². The molecule has 0 unspecified atom stereocenters. The summed E-state index contributed by atoms with van der Waals surface area (Å²) in [5.41, 5.74) is -0.544. The van der Waals surface area contributed by atoms with E-state index in [0.29, 0.717) is 11.3 Å². The Hall–Kier alpha value is -3.63. The van der Waals surface area contributed by atoms with Gasteiger partial charge < -0.3 is 43.7 Å². The van der Waals surface area contributed by atoms with E-state index in [2.05, 4.69) is 0 Å². The minimum Gasteiger partial charge on any atom is -0.504 e. The Morgan fingerprint density at radius 2 is 1.76 bits per heavy atom. The summed E-state index contributed by atoms with van der Waals surface area (Å²) in [6.07, 6.45) is -1.04. The van der Waals surface area contributed by atoms with Crippen LogP contribution in [0.25, 0.3) is 11.1 Å². The lowest BCUT2D eigenvalue weighted by molar-refractivity contribution is -0.174. The van der Waals surface area contributed by atoms with Gasteiger partial charge in [0.05, 0.1) is 27.4 Å². The number of hydrogen-bond donors (Lipinski definition) is 3. The molecule has 0 saturated carbocycles. The number of rotatable bonds is 5. The largest absolute Gasteiger partial charge is 0.504 e. The molecule has 2 aliphatic rings. The van der Waals surface area contributed by atoms with Gasteiger partial charge in [-0.15, -0.1) is 0 Å². The third kappa shape index (κ3) is 4.00. The van der Waals surface area contributed by atoms with E-state index < -0.39 is 29.7 Å². The topological polar surface area (TPSA) is 133 Å². The number of hydrogen-bond acceptors (Lipinski definition) is 10. The van der Waals surface area contributed by atoms with Crippen LogP contribution in [0.4, 0.5) is 0 Å². The molecule has 2 aromatic rings. The maximum absolute atomic E-state index is 13.0. The number of esters is 1. The first-order valence-corrected chi connectivity index (χ1v) is 11.8. The summed E-state index contributed by atoms with van der Waals surface area (Å²) in [4.78, 5) is 13.0. The number of benzene rings is 2. The number of phenols is 1. The number of aromatic hydroxyl groups is 1. The second-order valence-corrected chi connectivity index (χ2v) is 9.25. The van der Waals surface area contributed by atoms with Gasteiger partial charge >= 0.3 is 5.97 Å². The Morgan fingerprint density at radius 3 is 2.35 bits per heavy atom. The third-order valence-electron chi connectivity index (χ3n) is 7.29. The van der Waals surface area contributed by atoms with Gasteiger partial charge in [0.25, 0.3) is 0 Å². The Balaban J connectivity index is 2.18. The second kappa shape index (κ2) is 9.68. The Kier molecular flexibility index (Phi) is 6.91. The molecule has 1 aliphatic heterocycles. The van der Waals surface area contributed by atoms with E-state index >= 15 is 0 Å². The fourth-order valence-corrected chi connectivity index (χ4v) is 4.82. The van der Waals surface area contributed by atoms with Crippen LogP contribution >= 0.6 is 0 Å². The van der Waals surface area contributed by atoms with E-state index in [-0.39, 0.29) is 57.8 Å². The van der Waals surface area contributed by atoms with Gasteiger partial charge in [-0.2, -0.15) is 0 Å². The lowest BCUT2D eigenvalue weighted by Gasteiger charge is -2.42. The number of methoxy groups -OCH3 is 3. The van der Waals surface area contributed by atoms with Crippen molar-refractivity contribution in [2.75, 3.05) is 28.1 Å².